The second-order valence-corrected chi connectivity index (χ2v) is 9.17. The summed E-state index contributed by atoms with van der Waals surface area (Å²) in [4.78, 5) is 9.91. The zero-order chi connectivity index (χ0) is 19.0. The largest absolute Gasteiger partial charge is 0.370 e. The lowest BCUT2D eigenvalue weighted by Gasteiger charge is -2.38. The van der Waals surface area contributed by atoms with Gasteiger partial charge in [0.2, 0.25) is 10.0 Å². The number of aromatic nitrogens is 2. The molecule has 0 spiro atoms. The molecule has 1 aromatic carbocycles. The minimum atomic E-state index is -3.53. The lowest BCUT2D eigenvalue weighted by molar-refractivity contribution is 0.310. The number of anilines is 1. The Kier molecular flexibility index (Phi) is 4.84. The maximum absolute atomic E-state index is 13.0. The van der Waals surface area contributed by atoms with Crippen molar-refractivity contribution in [1.29, 1.82) is 0 Å². The summed E-state index contributed by atoms with van der Waals surface area (Å²) in [6.07, 6.45) is 5.41. The highest BCUT2D eigenvalue weighted by Crippen LogP contribution is 2.29. The fraction of sp³-hybridized carbons (Fsp3) is 0.316. The van der Waals surface area contributed by atoms with Crippen molar-refractivity contribution in [2.45, 2.75) is 23.8 Å². The smallest absolute Gasteiger partial charge is 0.243 e. The highest BCUT2D eigenvalue weighted by atomic mass is 35.5. The predicted octanol–water partition coefficient (Wildman–Crippen LogP) is 3.51. The molecule has 8 heteroatoms. The number of aromatic amines is 1. The van der Waals surface area contributed by atoms with Crippen LogP contribution in [0.2, 0.25) is 5.02 Å². The highest BCUT2D eigenvalue weighted by Gasteiger charge is 2.32. The van der Waals surface area contributed by atoms with Crippen molar-refractivity contribution < 1.29 is 8.42 Å². The fourth-order valence-electron chi connectivity index (χ4n) is 3.66. The van der Waals surface area contributed by atoms with Gasteiger partial charge in [-0.05, 0) is 49.2 Å². The molecule has 3 aromatic rings. The van der Waals surface area contributed by atoms with Crippen molar-refractivity contribution in [1.82, 2.24) is 14.3 Å². The molecule has 0 bridgehead atoms. The molecule has 1 saturated heterocycles. The third kappa shape index (κ3) is 3.42. The van der Waals surface area contributed by atoms with Crippen LogP contribution >= 0.6 is 11.6 Å². The second kappa shape index (κ2) is 7.14. The monoisotopic (exact) mass is 404 g/mol. The van der Waals surface area contributed by atoms with Gasteiger partial charge in [0.25, 0.3) is 0 Å². The first-order chi connectivity index (χ1) is 13.0. The van der Waals surface area contributed by atoms with Crippen LogP contribution in [0.4, 0.5) is 5.69 Å². The summed E-state index contributed by atoms with van der Waals surface area (Å²) in [5.74, 6) is 0. The number of hydrogen-bond acceptors (Lipinski definition) is 4. The number of fused-ring (bicyclic) bond motifs is 1. The van der Waals surface area contributed by atoms with Crippen LogP contribution in [0.5, 0.6) is 0 Å². The summed E-state index contributed by atoms with van der Waals surface area (Å²) in [7, 11) is -1.51. The Bertz CT molecular complexity index is 1050. The number of pyridine rings is 1. The van der Waals surface area contributed by atoms with Crippen molar-refractivity contribution in [3.63, 3.8) is 0 Å². The first-order valence-corrected chi connectivity index (χ1v) is 10.7. The number of benzene rings is 1. The molecule has 142 valence electrons. The number of piperidine rings is 1. The topological polar surface area (TPSA) is 69.3 Å². The molecule has 6 nitrogen and oxygen atoms in total. The van der Waals surface area contributed by atoms with E-state index in [0.29, 0.717) is 18.1 Å². The summed E-state index contributed by atoms with van der Waals surface area (Å²) in [5, 5.41) is 1.57. The summed E-state index contributed by atoms with van der Waals surface area (Å²) < 4.78 is 27.6. The Hall–Kier alpha value is -2.09. The molecule has 3 heterocycles. The molecule has 1 N–H and O–H groups in total. The first-order valence-electron chi connectivity index (χ1n) is 8.87. The number of hydrogen-bond donors (Lipinski definition) is 1. The summed E-state index contributed by atoms with van der Waals surface area (Å²) in [5.41, 5.74) is 1.89. The number of halogens is 1. The van der Waals surface area contributed by atoms with Gasteiger partial charge in [0.05, 0.1) is 4.90 Å². The normalized spacial score (nSPS) is 18.7. The molecule has 0 amide bonds. The molecule has 1 aliphatic rings. The van der Waals surface area contributed by atoms with Gasteiger partial charge in [-0.1, -0.05) is 11.6 Å². The zero-order valence-corrected chi connectivity index (χ0v) is 16.5. The van der Waals surface area contributed by atoms with Gasteiger partial charge in [-0.25, -0.2) is 13.4 Å². The van der Waals surface area contributed by atoms with Gasteiger partial charge in [-0.2, -0.15) is 4.31 Å². The van der Waals surface area contributed by atoms with E-state index in [-0.39, 0.29) is 10.9 Å². The van der Waals surface area contributed by atoms with Gasteiger partial charge >= 0.3 is 0 Å². The Morgan fingerprint density at radius 1 is 1.22 bits per heavy atom. The number of nitrogens with zero attached hydrogens (tertiary/aromatic N) is 3. The maximum atomic E-state index is 13.0. The molecule has 2 aromatic heterocycles. The second-order valence-electron chi connectivity index (χ2n) is 6.79. The van der Waals surface area contributed by atoms with Gasteiger partial charge in [-0.15, -0.1) is 0 Å². The van der Waals surface area contributed by atoms with E-state index in [2.05, 4.69) is 14.9 Å². The zero-order valence-electron chi connectivity index (χ0n) is 15.0. The Morgan fingerprint density at radius 3 is 2.78 bits per heavy atom. The van der Waals surface area contributed by atoms with Gasteiger partial charge in [-0.3, -0.25) is 0 Å². The number of likely N-dealkylation sites (N-methyl/N-ethyl adjacent to an activating group) is 1. The molecule has 27 heavy (non-hydrogen) atoms. The van der Waals surface area contributed by atoms with Crippen LogP contribution < -0.4 is 4.90 Å². The molecular weight excluding hydrogens is 384 g/mol. The summed E-state index contributed by atoms with van der Waals surface area (Å²) in [6.45, 7) is 0.987. The minimum Gasteiger partial charge on any atom is -0.370 e. The molecule has 1 atom stereocenters. The van der Waals surface area contributed by atoms with Crippen LogP contribution in [0.3, 0.4) is 0 Å². The van der Waals surface area contributed by atoms with Gasteiger partial charge in [0, 0.05) is 54.7 Å². The van der Waals surface area contributed by atoms with E-state index in [1.807, 2.05) is 25.4 Å². The average molecular weight is 405 g/mol. The molecule has 1 fully saturated rings. The van der Waals surface area contributed by atoms with E-state index in [4.69, 9.17) is 11.6 Å². The number of H-pyrrole nitrogens is 1. The summed E-state index contributed by atoms with van der Waals surface area (Å²) >= 11 is 5.90. The van der Waals surface area contributed by atoms with Crippen molar-refractivity contribution in [3.8, 4) is 0 Å². The Morgan fingerprint density at radius 2 is 2.00 bits per heavy atom. The maximum Gasteiger partial charge on any atom is 0.243 e. The first kappa shape index (κ1) is 18.3. The van der Waals surface area contributed by atoms with Crippen LogP contribution in [0.1, 0.15) is 12.8 Å². The quantitative estimate of drug-likeness (QED) is 0.722. The number of sulfonamides is 1. The molecule has 0 unspecified atom stereocenters. The Labute approximate surface area is 163 Å². The SMILES string of the molecule is CN(c1ccnc2[nH]ccc12)[C@@H]1CCCN(S(=O)(=O)c2ccc(Cl)cc2)C1. The Balaban J connectivity index is 1.59. The van der Waals surface area contributed by atoms with Crippen molar-refractivity contribution in [2.24, 2.45) is 0 Å². The number of nitrogens with one attached hydrogen (secondary N) is 1. The van der Waals surface area contributed by atoms with E-state index in [0.717, 1.165) is 29.6 Å². The van der Waals surface area contributed by atoms with Crippen LogP contribution in [-0.2, 0) is 10.0 Å². The third-order valence-electron chi connectivity index (χ3n) is 5.18. The molecular formula is C19H21ClN4O2S. The van der Waals surface area contributed by atoms with E-state index < -0.39 is 10.0 Å². The van der Waals surface area contributed by atoms with Crippen LogP contribution in [0.25, 0.3) is 11.0 Å². The molecule has 0 saturated carbocycles. The van der Waals surface area contributed by atoms with Crippen molar-refractivity contribution >= 4 is 38.3 Å². The molecule has 0 radical (unpaired) electrons. The van der Waals surface area contributed by atoms with Gasteiger partial charge < -0.3 is 9.88 Å². The van der Waals surface area contributed by atoms with Crippen LogP contribution in [0, 0.1) is 0 Å². The van der Waals surface area contributed by atoms with Crippen molar-refractivity contribution in [2.75, 3.05) is 25.0 Å². The van der Waals surface area contributed by atoms with E-state index in [1.54, 1.807) is 34.8 Å². The predicted molar refractivity (Wildman–Crippen MR) is 108 cm³/mol. The van der Waals surface area contributed by atoms with Gasteiger partial charge in [0.15, 0.2) is 0 Å². The van der Waals surface area contributed by atoms with E-state index in [1.165, 1.54) is 0 Å². The summed E-state index contributed by atoms with van der Waals surface area (Å²) in [6, 6.07) is 10.4. The van der Waals surface area contributed by atoms with Crippen molar-refractivity contribution in [3.05, 3.63) is 53.8 Å². The van der Waals surface area contributed by atoms with Crippen LogP contribution in [-0.4, -0.2) is 48.9 Å². The highest BCUT2D eigenvalue weighted by molar-refractivity contribution is 7.89. The standard InChI is InChI=1S/C19H21ClN4O2S/c1-23(18-9-11-22-19-17(18)8-10-21-19)15-3-2-12-24(13-15)27(25,26)16-6-4-14(20)5-7-16/h4-11,15H,2-3,12-13H2,1H3,(H,21,22)/t15-/m1/s1. The molecule has 4 rings (SSSR count). The van der Waals surface area contributed by atoms with Gasteiger partial charge in [0.1, 0.15) is 5.65 Å². The molecule has 1 aliphatic heterocycles. The van der Waals surface area contributed by atoms with E-state index in [9.17, 15) is 8.42 Å². The molecule has 0 aliphatic carbocycles. The average Bonchev–Trinajstić information content (AvgIpc) is 3.17. The van der Waals surface area contributed by atoms with Crippen LogP contribution in [0.15, 0.2) is 53.7 Å². The number of rotatable bonds is 4. The lowest BCUT2D eigenvalue weighted by atomic mass is 10.1. The fourth-order valence-corrected chi connectivity index (χ4v) is 5.30. The third-order valence-corrected chi connectivity index (χ3v) is 7.31. The minimum absolute atomic E-state index is 0.0984. The lowest BCUT2D eigenvalue weighted by Crippen LogP contribution is -2.48. The van der Waals surface area contributed by atoms with E-state index >= 15 is 0 Å².